The monoisotopic (exact) mass is 641 g/mol. The van der Waals surface area contributed by atoms with E-state index in [1.54, 1.807) is 15.8 Å². The molecule has 0 saturated carbocycles. The molecule has 0 aliphatic carbocycles. The van der Waals surface area contributed by atoms with E-state index in [2.05, 4.69) is 17.2 Å². The van der Waals surface area contributed by atoms with Gasteiger partial charge in [0.25, 0.3) is 11.8 Å². The van der Waals surface area contributed by atoms with Crippen molar-refractivity contribution >= 4 is 28.9 Å². The van der Waals surface area contributed by atoms with Crippen molar-refractivity contribution in [2.75, 3.05) is 16.4 Å². The molecule has 3 aliphatic rings. The average Bonchev–Trinajstić information content (AvgIpc) is 3.80. The summed E-state index contributed by atoms with van der Waals surface area (Å²) in [4.78, 5) is 31.0. The summed E-state index contributed by atoms with van der Waals surface area (Å²) in [6.07, 6.45) is 2.11. The smallest absolute Gasteiger partial charge is 0.269 e. The molecule has 0 radical (unpaired) electrons. The molecule has 1 saturated heterocycles. The molecule has 0 bridgehead atoms. The van der Waals surface area contributed by atoms with Gasteiger partial charge in [0.05, 0.1) is 30.2 Å². The second-order valence-electron chi connectivity index (χ2n) is 12.7. The molecule has 1 aromatic heterocycles. The SMILES string of the molecule is C[C@@H]1C[C@H](CCn2cc([C@H](O)c3ccccc3)nn2)O[C@@]12C(=O)N(Cc1cccc(N3C(=O)COc4ccccc43)c1)c1ccccc12. The standard InChI is InChI=1S/C38H35N5O5/c1-25-20-29(18-19-41-23-31(39-40-41)36(45)27-11-3-2-4-12-27)48-38(25)30-14-5-6-15-32(30)42(37(38)46)22-26-10-9-13-28(21-26)43-33-16-7-8-17-34(33)47-24-35(43)44/h2-17,21,23,25,29,36,45H,18-20,22,24H2,1H3/t25-,29+,36-,38+/m1/s1. The fraction of sp³-hybridized carbons (Fsp3) is 0.263. The summed E-state index contributed by atoms with van der Waals surface area (Å²) < 4.78 is 14.1. The van der Waals surface area contributed by atoms with E-state index in [9.17, 15) is 14.7 Å². The molecule has 0 unspecified atom stereocenters. The fourth-order valence-corrected chi connectivity index (χ4v) is 7.35. The largest absolute Gasteiger partial charge is 0.482 e. The summed E-state index contributed by atoms with van der Waals surface area (Å²) in [6.45, 7) is 2.92. The Morgan fingerprint density at radius 2 is 1.71 bits per heavy atom. The maximum absolute atomic E-state index is 14.5. The lowest BCUT2D eigenvalue weighted by Gasteiger charge is -2.30. The first kappa shape index (κ1) is 30.0. The van der Waals surface area contributed by atoms with Crippen LogP contribution < -0.4 is 14.5 Å². The molecule has 1 fully saturated rings. The van der Waals surface area contributed by atoms with Crippen LogP contribution in [0, 0.1) is 5.92 Å². The highest BCUT2D eigenvalue weighted by Crippen LogP contribution is 2.54. The van der Waals surface area contributed by atoms with Gasteiger partial charge in [0.2, 0.25) is 0 Å². The van der Waals surface area contributed by atoms with E-state index >= 15 is 0 Å². The number of fused-ring (bicyclic) bond motifs is 3. The Hall–Kier alpha value is -5.32. The topological polar surface area (TPSA) is 110 Å². The van der Waals surface area contributed by atoms with Crippen LogP contribution in [0.2, 0.25) is 0 Å². The van der Waals surface area contributed by atoms with Crippen molar-refractivity contribution in [3.63, 3.8) is 0 Å². The van der Waals surface area contributed by atoms with Crippen molar-refractivity contribution in [2.45, 2.75) is 50.7 Å². The summed E-state index contributed by atoms with van der Waals surface area (Å²) in [5, 5.41) is 19.2. The van der Waals surface area contributed by atoms with Crippen LogP contribution in [0.25, 0.3) is 0 Å². The Labute approximate surface area is 278 Å². The van der Waals surface area contributed by atoms with Crippen LogP contribution in [0.4, 0.5) is 17.1 Å². The molecule has 3 aliphatic heterocycles. The number of aliphatic hydroxyl groups is 1. The molecule has 1 N–H and O–H groups in total. The quantitative estimate of drug-likeness (QED) is 0.232. The molecule has 10 nitrogen and oxygen atoms in total. The van der Waals surface area contributed by atoms with Crippen LogP contribution in [-0.2, 0) is 33.0 Å². The van der Waals surface area contributed by atoms with Crippen LogP contribution in [0.15, 0.2) is 109 Å². The third-order valence-corrected chi connectivity index (χ3v) is 9.67. The predicted octanol–water partition coefficient (Wildman–Crippen LogP) is 5.67. The van der Waals surface area contributed by atoms with Crippen LogP contribution in [0.3, 0.4) is 0 Å². The molecule has 5 aromatic rings. The van der Waals surface area contributed by atoms with Gasteiger partial charge in [-0.1, -0.05) is 84.9 Å². The van der Waals surface area contributed by atoms with E-state index in [-0.39, 0.29) is 30.4 Å². The lowest BCUT2D eigenvalue weighted by atomic mass is 9.83. The van der Waals surface area contributed by atoms with Gasteiger partial charge in [-0.3, -0.25) is 19.2 Å². The molecular weight excluding hydrogens is 606 g/mol. The van der Waals surface area contributed by atoms with Gasteiger partial charge >= 0.3 is 0 Å². The molecular formula is C38H35N5O5. The summed E-state index contributed by atoms with van der Waals surface area (Å²) in [5.74, 6) is 0.372. The lowest BCUT2D eigenvalue weighted by Crippen LogP contribution is -2.43. The maximum atomic E-state index is 14.5. The van der Waals surface area contributed by atoms with Crippen LogP contribution in [0.1, 0.15) is 48.3 Å². The molecule has 1 spiro atoms. The molecule has 2 amide bonds. The molecule has 10 heteroatoms. The van der Waals surface area contributed by atoms with Crippen molar-refractivity contribution in [1.82, 2.24) is 15.0 Å². The number of ether oxygens (including phenoxy) is 2. The van der Waals surface area contributed by atoms with E-state index in [1.165, 1.54) is 0 Å². The number of carbonyl (C=O) groups is 2. The minimum Gasteiger partial charge on any atom is -0.482 e. The number of anilines is 3. The van der Waals surface area contributed by atoms with E-state index in [0.29, 0.717) is 36.6 Å². The number of hydrogen-bond acceptors (Lipinski definition) is 7. The highest BCUT2D eigenvalue weighted by Gasteiger charge is 2.59. The Kier molecular flexibility index (Phi) is 7.54. The minimum absolute atomic E-state index is 0.0359. The van der Waals surface area contributed by atoms with Crippen molar-refractivity contribution in [1.29, 1.82) is 0 Å². The fourth-order valence-electron chi connectivity index (χ4n) is 7.35. The second-order valence-corrected chi connectivity index (χ2v) is 12.7. The highest BCUT2D eigenvalue weighted by molar-refractivity contribution is 6.07. The molecule has 4 aromatic carbocycles. The number of aromatic nitrogens is 3. The van der Waals surface area contributed by atoms with Gasteiger partial charge in [0.15, 0.2) is 12.2 Å². The van der Waals surface area contributed by atoms with Gasteiger partial charge in [-0.25, -0.2) is 0 Å². The zero-order chi connectivity index (χ0) is 32.8. The Morgan fingerprint density at radius 1 is 0.938 bits per heavy atom. The van der Waals surface area contributed by atoms with Crippen LogP contribution >= 0.6 is 0 Å². The average molecular weight is 642 g/mol. The first-order valence-electron chi connectivity index (χ1n) is 16.3. The number of aryl methyl sites for hydroxylation is 1. The third kappa shape index (κ3) is 5.04. The Balaban J connectivity index is 1.01. The number of rotatable bonds is 8. The zero-order valence-electron chi connectivity index (χ0n) is 26.5. The molecule has 8 rings (SSSR count). The van der Waals surface area contributed by atoms with Crippen molar-refractivity contribution in [3.05, 3.63) is 132 Å². The number of carbonyl (C=O) groups excluding carboxylic acids is 2. The van der Waals surface area contributed by atoms with E-state index in [1.807, 2.05) is 108 Å². The number of amides is 2. The first-order chi connectivity index (χ1) is 23.4. The lowest BCUT2D eigenvalue weighted by molar-refractivity contribution is -0.146. The second kappa shape index (κ2) is 12.0. The van der Waals surface area contributed by atoms with Crippen LogP contribution in [0.5, 0.6) is 5.75 Å². The number of para-hydroxylation sites is 3. The predicted molar refractivity (Wildman–Crippen MR) is 179 cm³/mol. The van der Waals surface area contributed by atoms with Crippen LogP contribution in [-0.4, -0.2) is 44.6 Å². The zero-order valence-corrected chi connectivity index (χ0v) is 26.5. The number of nitrogens with zero attached hydrogens (tertiary/aromatic N) is 5. The normalized spacial score (nSPS) is 22.1. The molecule has 48 heavy (non-hydrogen) atoms. The molecule has 4 atom stereocenters. The minimum atomic E-state index is -1.09. The summed E-state index contributed by atoms with van der Waals surface area (Å²) in [6, 6.07) is 32.5. The first-order valence-corrected chi connectivity index (χ1v) is 16.3. The van der Waals surface area contributed by atoms with E-state index in [4.69, 9.17) is 9.47 Å². The highest BCUT2D eigenvalue weighted by atomic mass is 16.5. The van der Waals surface area contributed by atoms with Crippen molar-refractivity contribution < 1.29 is 24.2 Å². The number of aliphatic hydroxyl groups excluding tert-OH is 1. The van der Waals surface area contributed by atoms with Gasteiger partial charge in [0, 0.05) is 23.7 Å². The van der Waals surface area contributed by atoms with E-state index in [0.717, 1.165) is 34.5 Å². The summed E-state index contributed by atoms with van der Waals surface area (Å²) in [5.41, 5.74) is 4.19. The van der Waals surface area contributed by atoms with Crippen molar-refractivity contribution in [3.8, 4) is 5.75 Å². The molecule has 242 valence electrons. The van der Waals surface area contributed by atoms with Crippen molar-refractivity contribution in [2.24, 2.45) is 5.92 Å². The molecule has 4 heterocycles. The van der Waals surface area contributed by atoms with E-state index < -0.39 is 11.7 Å². The number of benzene rings is 4. The summed E-state index contributed by atoms with van der Waals surface area (Å²) >= 11 is 0. The van der Waals surface area contributed by atoms with Gasteiger partial charge < -0.3 is 19.5 Å². The van der Waals surface area contributed by atoms with Gasteiger partial charge in [-0.15, -0.1) is 5.10 Å². The van der Waals surface area contributed by atoms with Gasteiger partial charge in [-0.05, 0) is 54.3 Å². The maximum Gasteiger partial charge on any atom is 0.269 e. The van der Waals surface area contributed by atoms with Gasteiger partial charge in [0.1, 0.15) is 17.5 Å². The van der Waals surface area contributed by atoms with Gasteiger partial charge in [-0.2, -0.15) is 0 Å². The Morgan fingerprint density at radius 3 is 2.56 bits per heavy atom. The number of hydrogen-bond donors (Lipinski definition) is 1. The third-order valence-electron chi connectivity index (χ3n) is 9.67. The summed E-state index contributed by atoms with van der Waals surface area (Å²) in [7, 11) is 0. The Bertz CT molecular complexity index is 2000.